The fourth-order valence-electron chi connectivity index (χ4n) is 3.78. The summed E-state index contributed by atoms with van der Waals surface area (Å²) in [6.45, 7) is 4.48. The van der Waals surface area contributed by atoms with Crippen LogP contribution in [0.25, 0.3) is 10.9 Å². The number of nitrogens with one attached hydrogen (secondary N) is 1. The van der Waals surface area contributed by atoms with E-state index < -0.39 is 28.1 Å². The summed E-state index contributed by atoms with van der Waals surface area (Å²) in [5.41, 5.74) is 0.549. The van der Waals surface area contributed by atoms with Crippen LogP contribution in [-0.2, 0) is 19.6 Å². The van der Waals surface area contributed by atoms with E-state index in [1.54, 1.807) is 57.3 Å². The van der Waals surface area contributed by atoms with Crippen LogP contribution < -0.4 is 9.62 Å². The Morgan fingerprint density at radius 3 is 2.24 bits per heavy atom. The molecule has 0 saturated heterocycles. The Morgan fingerprint density at radius 1 is 0.947 bits per heavy atom. The maximum absolute atomic E-state index is 13.7. The monoisotopic (exact) mass is 573 g/mol. The molecule has 8 nitrogen and oxygen atoms in total. The van der Waals surface area contributed by atoms with E-state index in [-0.39, 0.29) is 26.7 Å². The van der Waals surface area contributed by atoms with Crippen molar-refractivity contribution < 1.29 is 22.7 Å². The second-order valence-corrected chi connectivity index (χ2v) is 12.2. The summed E-state index contributed by atoms with van der Waals surface area (Å²) in [4.78, 5) is 25.4. The molecule has 4 aromatic rings. The third kappa shape index (κ3) is 6.30. The molecule has 4 rings (SSSR count). The highest BCUT2D eigenvalue weighted by Crippen LogP contribution is 2.31. The van der Waals surface area contributed by atoms with Gasteiger partial charge in [0.2, 0.25) is 0 Å². The number of nitrogens with zero attached hydrogens (tertiary/aromatic N) is 2. The number of anilines is 2. The maximum atomic E-state index is 13.7. The Labute approximate surface area is 230 Å². The Balaban J connectivity index is 1.73. The lowest BCUT2D eigenvalue weighted by Gasteiger charge is -2.26. The van der Waals surface area contributed by atoms with Gasteiger partial charge in [-0.2, -0.15) is 0 Å². The van der Waals surface area contributed by atoms with Crippen LogP contribution in [0.15, 0.2) is 83.9 Å². The van der Waals surface area contributed by atoms with Crippen molar-refractivity contribution in [2.24, 2.45) is 0 Å². The van der Waals surface area contributed by atoms with Gasteiger partial charge in [-0.25, -0.2) is 13.2 Å². The van der Waals surface area contributed by atoms with Gasteiger partial charge in [0.15, 0.2) is 0 Å². The number of carbonyl (C=O) groups is 2. The average molecular weight is 574 g/mol. The minimum Gasteiger partial charge on any atom is -0.459 e. The van der Waals surface area contributed by atoms with Crippen molar-refractivity contribution in [3.63, 3.8) is 0 Å². The molecular formula is C27H25Cl2N3O5S. The van der Waals surface area contributed by atoms with Crippen molar-refractivity contribution in [3.8, 4) is 0 Å². The normalized spacial score (nSPS) is 11.8. The minimum absolute atomic E-state index is 0.130. The first-order valence-corrected chi connectivity index (χ1v) is 13.7. The smallest absolute Gasteiger partial charge is 0.330 e. The fourth-order valence-corrected chi connectivity index (χ4v) is 5.91. The van der Waals surface area contributed by atoms with Gasteiger partial charge in [0.05, 0.1) is 16.1 Å². The lowest BCUT2D eigenvalue weighted by atomic mass is 10.2. The van der Waals surface area contributed by atoms with Crippen molar-refractivity contribution in [1.29, 1.82) is 0 Å². The van der Waals surface area contributed by atoms with E-state index in [1.807, 2.05) is 18.2 Å². The zero-order valence-corrected chi connectivity index (χ0v) is 23.1. The molecule has 0 spiro atoms. The van der Waals surface area contributed by atoms with Crippen LogP contribution in [0.2, 0.25) is 10.0 Å². The number of halogens is 2. The molecule has 1 amide bonds. The van der Waals surface area contributed by atoms with Crippen molar-refractivity contribution in [2.75, 3.05) is 16.2 Å². The van der Waals surface area contributed by atoms with Crippen molar-refractivity contribution >= 4 is 67.5 Å². The van der Waals surface area contributed by atoms with Gasteiger partial charge in [0.25, 0.3) is 10.0 Å². The molecule has 11 heteroatoms. The molecule has 0 aliphatic heterocycles. The Morgan fingerprint density at radius 2 is 1.61 bits per heavy atom. The first kappa shape index (κ1) is 27.5. The lowest BCUT2D eigenvalue weighted by Crippen LogP contribution is -2.39. The van der Waals surface area contributed by atoms with Gasteiger partial charge in [-0.3, -0.25) is 13.7 Å². The second-order valence-electron chi connectivity index (χ2n) is 9.43. The van der Waals surface area contributed by atoms with Gasteiger partial charge in [0.1, 0.15) is 12.1 Å². The van der Waals surface area contributed by atoms with Gasteiger partial charge >= 0.3 is 12.0 Å². The Hall–Kier alpha value is -3.53. The molecule has 0 atom stereocenters. The largest absolute Gasteiger partial charge is 0.459 e. The molecule has 0 aliphatic carbocycles. The molecule has 0 radical (unpaired) electrons. The molecule has 1 aromatic heterocycles. The fraction of sp³-hybridized carbons (Fsp3) is 0.185. The predicted molar refractivity (Wildman–Crippen MR) is 150 cm³/mol. The average Bonchev–Trinajstić information content (AvgIpc) is 3.25. The second kappa shape index (κ2) is 10.7. The minimum atomic E-state index is -4.29. The van der Waals surface area contributed by atoms with E-state index in [9.17, 15) is 18.0 Å². The zero-order valence-electron chi connectivity index (χ0n) is 20.8. The highest BCUT2D eigenvalue weighted by molar-refractivity contribution is 7.92. The molecule has 0 saturated carbocycles. The molecular weight excluding hydrogens is 549 g/mol. The molecule has 38 heavy (non-hydrogen) atoms. The number of aromatic nitrogens is 1. The number of carbonyl (C=O) groups excluding carboxylic acids is 2. The van der Waals surface area contributed by atoms with Crippen molar-refractivity contribution in [3.05, 3.63) is 89.0 Å². The highest BCUT2D eigenvalue weighted by atomic mass is 35.5. The van der Waals surface area contributed by atoms with Crippen LogP contribution in [0.4, 0.5) is 16.2 Å². The lowest BCUT2D eigenvalue weighted by molar-refractivity contribution is -0.152. The van der Waals surface area contributed by atoms with Gasteiger partial charge in [-0.05, 0) is 75.4 Å². The number of sulfonamides is 1. The summed E-state index contributed by atoms with van der Waals surface area (Å²) in [6, 6.07) is 18.9. The van der Waals surface area contributed by atoms with E-state index >= 15 is 0 Å². The standard InChI is InChI=1S/C27H25Cl2N3O5S/c1-27(2,3)37-25(33)17-32(38(35,36)23-15-19(28)14-20(29)16-23)22-9-10-24-18(13-22)11-12-31(24)26(34)30-21-7-5-4-6-8-21/h4-16H,17H2,1-3H3,(H,30,34). The Bertz CT molecular complexity index is 1590. The predicted octanol–water partition coefficient (Wildman–Crippen LogP) is 6.57. The summed E-state index contributed by atoms with van der Waals surface area (Å²) >= 11 is 12.1. The van der Waals surface area contributed by atoms with Crippen LogP contribution in [0.5, 0.6) is 0 Å². The summed E-state index contributed by atoms with van der Waals surface area (Å²) in [7, 11) is -4.29. The number of ether oxygens (including phenoxy) is 1. The van der Waals surface area contributed by atoms with Crippen LogP contribution in [0.3, 0.4) is 0 Å². The number of para-hydroxylation sites is 1. The summed E-state index contributed by atoms with van der Waals surface area (Å²) in [5.74, 6) is -0.742. The van der Waals surface area contributed by atoms with Gasteiger partial charge in [-0.1, -0.05) is 41.4 Å². The third-order valence-electron chi connectivity index (χ3n) is 5.32. The number of hydrogen-bond acceptors (Lipinski definition) is 5. The van der Waals surface area contributed by atoms with Gasteiger partial charge in [0, 0.05) is 27.3 Å². The van der Waals surface area contributed by atoms with Crippen LogP contribution in [-0.4, -0.2) is 37.1 Å². The molecule has 0 fully saturated rings. The van der Waals surface area contributed by atoms with E-state index in [0.717, 1.165) is 4.31 Å². The first-order valence-electron chi connectivity index (χ1n) is 11.5. The SMILES string of the molecule is CC(C)(C)OC(=O)CN(c1ccc2c(ccn2C(=O)Nc2ccccc2)c1)S(=O)(=O)c1cc(Cl)cc(Cl)c1. The number of rotatable bonds is 6. The van der Waals surface area contributed by atoms with E-state index in [4.69, 9.17) is 27.9 Å². The van der Waals surface area contributed by atoms with Gasteiger partial charge in [-0.15, -0.1) is 0 Å². The van der Waals surface area contributed by atoms with E-state index in [2.05, 4.69) is 5.32 Å². The molecule has 1 N–H and O–H groups in total. The summed E-state index contributed by atoms with van der Waals surface area (Å²) < 4.78 is 35.2. The highest BCUT2D eigenvalue weighted by Gasteiger charge is 2.30. The van der Waals surface area contributed by atoms with Crippen molar-refractivity contribution in [1.82, 2.24) is 4.57 Å². The van der Waals surface area contributed by atoms with E-state index in [0.29, 0.717) is 16.6 Å². The first-order chi connectivity index (χ1) is 17.8. The molecule has 0 unspecified atom stereocenters. The number of esters is 1. The number of amides is 1. The van der Waals surface area contributed by atoms with E-state index in [1.165, 1.54) is 28.8 Å². The van der Waals surface area contributed by atoms with Crippen molar-refractivity contribution in [2.45, 2.75) is 31.3 Å². The summed E-state index contributed by atoms with van der Waals surface area (Å²) in [5, 5.41) is 3.65. The third-order valence-corrected chi connectivity index (χ3v) is 7.51. The van der Waals surface area contributed by atoms with Crippen LogP contribution >= 0.6 is 23.2 Å². The molecule has 0 bridgehead atoms. The van der Waals surface area contributed by atoms with Crippen LogP contribution in [0.1, 0.15) is 20.8 Å². The van der Waals surface area contributed by atoms with Gasteiger partial charge < -0.3 is 10.1 Å². The molecule has 1 heterocycles. The quantitative estimate of drug-likeness (QED) is 0.263. The Kier molecular flexibility index (Phi) is 7.73. The molecule has 198 valence electrons. The number of benzene rings is 3. The van der Waals surface area contributed by atoms with Crippen LogP contribution in [0, 0.1) is 0 Å². The topological polar surface area (TPSA) is 97.7 Å². The number of hydrogen-bond donors (Lipinski definition) is 1. The summed E-state index contributed by atoms with van der Waals surface area (Å²) in [6.07, 6.45) is 1.58. The molecule has 3 aromatic carbocycles. The number of fused-ring (bicyclic) bond motifs is 1. The maximum Gasteiger partial charge on any atom is 0.330 e. The molecule has 0 aliphatic rings. The zero-order chi connectivity index (χ0) is 27.7.